The van der Waals surface area contributed by atoms with Gasteiger partial charge in [0.05, 0.1) is 15.5 Å². The van der Waals surface area contributed by atoms with Gasteiger partial charge in [-0.3, -0.25) is 19.6 Å². The normalized spacial score (nSPS) is 11.5. The molecule has 0 fully saturated rings. The number of nitro groups is 1. The van der Waals surface area contributed by atoms with Crippen molar-refractivity contribution in [1.82, 2.24) is 0 Å². The van der Waals surface area contributed by atoms with Crippen LogP contribution in [-0.4, -0.2) is 24.4 Å². The summed E-state index contributed by atoms with van der Waals surface area (Å²) in [5, 5.41) is 29.5. The van der Waals surface area contributed by atoms with E-state index < -0.39 is 20.9 Å². The number of phenolic OH excluding ortho intramolecular Hbond substituents is 1. The fourth-order valence-electron chi connectivity index (χ4n) is 3.19. The Kier molecular flexibility index (Phi) is 6.02. The molecule has 4 aromatic rings. The van der Waals surface area contributed by atoms with Crippen LogP contribution in [0.3, 0.4) is 0 Å². The van der Waals surface area contributed by atoms with Gasteiger partial charge >= 0.3 is 0 Å². The molecule has 0 aromatic heterocycles. The summed E-state index contributed by atoms with van der Waals surface area (Å²) in [4.78, 5) is 22.6. The average Bonchev–Trinajstić information content (AvgIpc) is 2.85. The molecule has 11 heteroatoms. The fraction of sp³-hybridized carbons (Fsp3) is 0. The summed E-state index contributed by atoms with van der Waals surface area (Å²) < 4.78 is 28.2. The molecule has 4 rings (SSSR count). The van der Waals surface area contributed by atoms with Gasteiger partial charge in [0.1, 0.15) is 5.69 Å². The maximum absolute atomic E-state index is 12.8. The molecule has 10 nitrogen and oxygen atoms in total. The Hall–Kier alpha value is -4.64. The van der Waals surface area contributed by atoms with E-state index in [2.05, 4.69) is 15.0 Å². The second-order valence-electron chi connectivity index (χ2n) is 7.07. The highest BCUT2D eigenvalue weighted by Gasteiger charge is 2.18. The number of nitrogens with one attached hydrogen (secondary N) is 1. The fourth-order valence-corrected chi connectivity index (χ4v) is 4.28. The number of nitrogens with zero attached hydrogens (tertiary/aromatic N) is 3. The molecule has 0 bridgehead atoms. The summed E-state index contributed by atoms with van der Waals surface area (Å²) in [6.45, 7) is 0. The van der Waals surface area contributed by atoms with Gasteiger partial charge < -0.3 is 5.11 Å². The molecule has 0 aliphatic carbocycles. The van der Waals surface area contributed by atoms with E-state index in [0.717, 1.165) is 12.1 Å². The van der Waals surface area contributed by atoms with Gasteiger partial charge in [0.2, 0.25) is 0 Å². The van der Waals surface area contributed by atoms with E-state index in [1.165, 1.54) is 30.3 Å². The van der Waals surface area contributed by atoms with Crippen molar-refractivity contribution in [2.45, 2.75) is 4.90 Å². The minimum Gasteiger partial charge on any atom is -0.505 e. The van der Waals surface area contributed by atoms with E-state index in [1.54, 1.807) is 42.5 Å². The second-order valence-corrected chi connectivity index (χ2v) is 8.75. The van der Waals surface area contributed by atoms with Crippen LogP contribution in [0.25, 0.3) is 10.8 Å². The molecule has 0 aliphatic heterocycles. The second kappa shape index (κ2) is 9.08. The number of aromatic hydroxyl groups is 1. The Morgan fingerprint density at radius 3 is 2.18 bits per heavy atom. The maximum Gasteiger partial charge on any atom is 0.295 e. The molecule has 0 saturated carbocycles. The Labute approximate surface area is 193 Å². The molecular formula is C23H16N4O6S. The lowest BCUT2D eigenvalue weighted by Crippen LogP contribution is -2.13. The molecule has 1 amide bonds. The molecule has 0 heterocycles. The van der Waals surface area contributed by atoms with Crippen LogP contribution in [0.5, 0.6) is 5.75 Å². The van der Waals surface area contributed by atoms with Crippen molar-refractivity contribution in [3.05, 3.63) is 101 Å². The lowest BCUT2D eigenvalue weighted by atomic mass is 10.1. The zero-order valence-corrected chi connectivity index (χ0v) is 18.1. The summed E-state index contributed by atoms with van der Waals surface area (Å²) in [7, 11) is -3.95. The summed E-state index contributed by atoms with van der Waals surface area (Å²) >= 11 is 0. The van der Waals surface area contributed by atoms with E-state index in [1.807, 2.05) is 0 Å². The number of sulfonamides is 1. The average molecular weight is 476 g/mol. The Morgan fingerprint density at radius 1 is 0.912 bits per heavy atom. The molecule has 0 aliphatic rings. The van der Waals surface area contributed by atoms with Crippen LogP contribution in [-0.2, 0) is 10.0 Å². The number of amides is 1. The zero-order valence-electron chi connectivity index (χ0n) is 17.3. The smallest absolute Gasteiger partial charge is 0.295 e. The van der Waals surface area contributed by atoms with Gasteiger partial charge in [-0.1, -0.05) is 42.5 Å². The van der Waals surface area contributed by atoms with E-state index in [0.29, 0.717) is 10.8 Å². The third-order valence-corrected chi connectivity index (χ3v) is 6.25. The van der Waals surface area contributed by atoms with Crippen molar-refractivity contribution in [3.8, 4) is 5.75 Å². The number of hydrogen-bond donors (Lipinski definition) is 2. The molecule has 0 radical (unpaired) electrons. The first-order chi connectivity index (χ1) is 16.3. The number of hydrogen-bond acceptors (Lipinski definition) is 7. The summed E-state index contributed by atoms with van der Waals surface area (Å²) in [5.41, 5.74) is -0.135. The molecule has 0 atom stereocenters. The van der Waals surface area contributed by atoms with Gasteiger partial charge in [-0.05, 0) is 30.3 Å². The highest BCUT2D eigenvalue weighted by Crippen LogP contribution is 2.40. The highest BCUT2D eigenvalue weighted by molar-refractivity contribution is 7.92. The first-order valence-electron chi connectivity index (χ1n) is 9.79. The van der Waals surface area contributed by atoms with Crippen LogP contribution in [0.1, 0.15) is 10.4 Å². The van der Waals surface area contributed by atoms with E-state index in [9.17, 15) is 28.4 Å². The third-order valence-electron chi connectivity index (χ3n) is 4.87. The Balaban J connectivity index is 1.71. The lowest BCUT2D eigenvalue weighted by Gasteiger charge is -2.13. The van der Waals surface area contributed by atoms with Gasteiger partial charge in [0.25, 0.3) is 21.6 Å². The van der Waals surface area contributed by atoms with Gasteiger partial charge in [0, 0.05) is 28.5 Å². The van der Waals surface area contributed by atoms with Gasteiger partial charge in [-0.25, -0.2) is 8.42 Å². The highest BCUT2D eigenvalue weighted by atomic mass is 32.2. The van der Waals surface area contributed by atoms with E-state index in [4.69, 9.17) is 0 Å². The topological polar surface area (TPSA) is 151 Å². The standard InChI is InChI=1S/C23H16N4O6S/c28-22-19-9-5-4-8-18(19)20(26-34(32,33)17-6-2-1-3-7-17)14-21(22)24-25-23(29)15-10-12-16(13-11-15)27(30)31/h1-14,26,28H. The van der Waals surface area contributed by atoms with Crippen LogP contribution in [0.2, 0.25) is 0 Å². The molecular weight excluding hydrogens is 460 g/mol. The summed E-state index contributed by atoms with van der Waals surface area (Å²) in [6, 6.07) is 20.3. The molecule has 0 spiro atoms. The predicted molar refractivity (Wildman–Crippen MR) is 125 cm³/mol. The zero-order chi connectivity index (χ0) is 24.3. The third kappa shape index (κ3) is 4.59. The number of non-ortho nitro benzene ring substituents is 1. The van der Waals surface area contributed by atoms with Crippen LogP contribution in [0.4, 0.5) is 17.1 Å². The van der Waals surface area contributed by atoms with Crippen LogP contribution < -0.4 is 4.72 Å². The van der Waals surface area contributed by atoms with Crippen molar-refractivity contribution < 1.29 is 23.2 Å². The maximum atomic E-state index is 12.8. The lowest BCUT2D eigenvalue weighted by molar-refractivity contribution is -0.384. The largest absolute Gasteiger partial charge is 0.505 e. The van der Waals surface area contributed by atoms with Gasteiger partial charge in [0.15, 0.2) is 5.75 Å². The number of rotatable bonds is 6. The number of carbonyl (C=O) groups is 1. The van der Waals surface area contributed by atoms with E-state index >= 15 is 0 Å². The molecule has 170 valence electrons. The minimum absolute atomic E-state index is 0.0451. The van der Waals surface area contributed by atoms with Crippen molar-refractivity contribution in [1.29, 1.82) is 0 Å². The predicted octanol–water partition coefficient (Wildman–Crippen LogP) is 5.18. The molecule has 4 aromatic carbocycles. The van der Waals surface area contributed by atoms with Crippen LogP contribution >= 0.6 is 0 Å². The van der Waals surface area contributed by atoms with Crippen molar-refractivity contribution in [2.75, 3.05) is 4.72 Å². The number of phenols is 1. The Bertz CT molecular complexity index is 1540. The van der Waals surface area contributed by atoms with Gasteiger partial charge in [-0.15, -0.1) is 10.2 Å². The quantitative estimate of drug-likeness (QED) is 0.169. The Morgan fingerprint density at radius 2 is 1.53 bits per heavy atom. The van der Waals surface area contributed by atoms with E-state index in [-0.39, 0.29) is 33.3 Å². The molecule has 34 heavy (non-hydrogen) atoms. The summed E-state index contributed by atoms with van der Waals surface area (Å²) in [5.74, 6) is -1.09. The van der Waals surface area contributed by atoms with Crippen LogP contribution in [0, 0.1) is 10.1 Å². The molecule has 0 unspecified atom stereocenters. The number of benzene rings is 4. The number of azo groups is 1. The van der Waals surface area contributed by atoms with Crippen molar-refractivity contribution >= 4 is 43.8 Å². The number of anilines is 1. The molecule has 2 N–H and O–H groups in total. The monoisotopic (exact) mass is 476 g/mol. The van der Waals surface area contributed by atoms with Crippen LogP contribution in [0.15, 0.2) is 100 Å². The number of nitro benzene ring substituents is 1. The minimum atomic E-state index is -3.95. The first-order valence-corrected chi connectivity index (χ1v) is 11.3. The molecule has 0 saturated heterocycles. The van der Waals surface area contributed by atoms with Gasteiger partial charge in [-0.2, -0.15) is 0 Å². The number of carbonyl (C=O) groups excluding carboxylic acids is 1. The van der Waals surface area contributed by atoms with Crippen molar-refractivity contribution in [3.63, 3.8) is 0 Å². The number of fused-ring (bicyclic) bond motifs is 1. The first kappa shape index (κ1) is 22.6. The SMILES string of the molecule is O=C(N=Nc1cc(NS(=O)(=O)c2ccccc2)c2ccccc2c1O)c1ccc([N+](=O)[O-])cc1. The van der Waals surface area contributed by atoms with Crippen molar-refractivity contribution in [2.24, 2.45) is 10.2 Å². The summed E-state index contributed by atoms with van der Waals surface area (Å²) in [6.07, 6.45) is 0.